The van der Waals surface area contributed by atoms with Gasteiger partial charge in [0.05, 0.1) is 7.11 Å². The molecular formula is C20H21N3O3. The van der Waals surface area contributed by atoms with Gasteiger partial charge in [-0.15, -0.1) is 0 Å². The minimum atomic E-state index is -0.00181. The molecule has 0 aliphatic heterocycles. The molecule has 0 aliphatic carbocycles. The Hall–Kier alpha value is -3.15. The molecule has 0 saturated carbocycles. The Balaban J connectivity index is 1.60. The zero-order valence-corrected chi connectivity index (χ0v) is 15.1. The average molecular weight is 351 g/mol. The van der Waals surface area contributed by atoms with Crippen molar-refractivity contribution in [3.8, 4) is 17.1 Å². The van der Waals surface area contributed by atoms with E-state index in [1.54, 1.807) is 19.1 Å². The van der Waals surface area contributed by atoms with Crippen molar-refractivity contribution >= 4 is 11.6 Å². The predicted molar refractivity (Wildman–Crippen MR) is 99.2 cm³/mol. The van der Waals surface area contributed by atoms with Crippen LogP contribution in [0, 0.1) is 6.92 Å². The Kier molecular flexibility index (Phi) is 5.31. The highest BCUT2D eigenvalue weighted by molar-refractivity contribution is 5.92. The van der Waals surface area contributed by atoms with Gasteiger partial charge in [-0.3, -0.25) is 4.79 Å². The summed E-state index contributed by atoms with van der Waals surface area (Å²) in [6, 6.07) is 15.2. The molecule has 0 N–H and O–H groups in total. The van der Waals surface area contributed by atoms with Crippen LogP contribution in [-0.4, -0.2) is 30.2 Å². The van der Waals surface area contributed by atoms with Gasteiger partial charge in [-0.25, -0.2) is 0 Å². The number of ether oxygens (including phenoxy) is 1. The lowest BCUT2D eigenvalue weighted by atomic mass is 10.2. The molecule has 3 rings (SSSR count). The molecule has 0 bridgehead atoms. The van der Waals surface area contributed by atoms with E-state index in [1.807, 2.05) is 55.5 Å². The number of methoxy groups -OCH3 is 1. The van der Waals surface area contributed by atoms with Gasteiger partial charge in [-0.05, 0) is 43.3 Å². The van der Waals surface area contributed by atoms with Gasteiger partial charge < -0.3 is 14.2 Å². The predicted octanol–water partition coefficient (Wildman–Crippen LogP) is 3.65. The number of rotatable bonds is 6. The van der Waals surface area contributed by atoms with Crippen LogP contribution in [0.1, 0.15) is 17.9 Å². The van der Waals surface area contributed by atoms with Gasteiger partial charge in [0.25, 0.3) is 0 Å². The number of hydrogen-bond donors (Lipinski definition) is 0. The molecule has 0 saturated heterocycles. The van der Waals surface area contributed by atoms with Crippen LogP contribution in [0.3, 0.4) is 0 Å². The highest BCUT2D eigenvalue weighted by atomic mass is 16.5. The number of nitrogens with zero attached hydrogens (tertiary/aromatic N) is 3. The zero-order chi connectivity index (χ0) is 18.5. The Bertz CT molecular complexity index is 870. The monoisotopic (exact) mass is 351 g/mol. The SMILES string of the molecule is COc1ccc(-c2noc(CCC(=O)N(C)c3ccc(C)cc3)n2)cc1. The van der Waals surface area contributed by atoms with Gasteiger partial charge in [-0.1, -0.05) is 22.9 Å². The molecule has 134 valence electrons. The number of benzene rings is 2. The van der Waals surface area contributed by atoms with Gasteiger partial charge in [-0.2, -0.15) is 4.98 Å². The summed E-state index contributed by atoms with van der Waals surface area (Å²) in [7, 11) is 3.38. The molecule has 0 unspecified atom stereocenters. The second kappa shape index (κ2) is 7.82. The van der Waals surface area contributed by atoms with Crippen LogP contribution in [0.25, 0.3) is 11.4 Å². The molecule has 0 aliphatic rings. The van der Waals surface area contributed by atoms with E-state index >= 15 is 0 Å². The summed E-state index contributed by atoms with van der Waals surface area (Å²) in [5.74, 6) is 1.71. The van der Waals surface area contributed by atoms with E-state index in [4.69, 9.17) is 9.26 Å². The van der Waals surface area contributed by atoms with Crippen molar-refractivity contribution in [3.63, 3.8) is 0 Å². The second-order valence-corrected chi connectivity index (χ2v) is 6.03. The van der Waals surface area contributed by atoms with Crippen molar-refractivity contribution in [2.75, 3.05) is 19.1 Å². The lowest BCUT2D eigenvalue weighted by Crippen LogP contribution is -2.26. The molecule has 1 aromatic heterocycles. The molecule has 3 aromatic rings. The topological polar surface area (TPSA) is 68.5 Å². The van der Waals surface area contributed by atoms with Crippen LogP contribution in [0.5, 0.6) is 5.75 Å². The summed E-state index contributed by atoms with van der Waals surface area (Å²) in [4.78, 5) is 18.4. The Morgan fingerprint density at radius 3 is 2.46 bits per heavy atom. The quantitative estimate of drug-likeness (QED) is 0.678. The van der Waals surface area contributed by atoms with Crippen molar-refractivity contribution in [3.05, 3.63) is 60.0 Å². The lowest BCUT2D eigenvalue weighted by Gasteiger charge is -2.17. The van der Waals surface area contributed by atoms with Crippen LogP contribution < -0.4 is 9.64 Å². The summed E-state index contributed by atoms with van der Waals surface area (Å²) in [6.07, 6.45) is 0.701. The summed E-state index contributed by atoms with van der Waals surface area (Å²) < 4.78 is 10.4. The number of amides is 1. The first-order valence-electron chi connectivity index (χ1n) is 8.37. The number of anilines is 1. The first-order valence-corrected chi connectivity index (χ1v) is 8.37. The van der Waals surface area contributed by atoms with Crippen LogP contribution in [0.4, 0.5) is 5.69 Å². The van der Waals surface area contributed by atoms with E-state index in [9.17, 15) is 4.79 Å². The lowest BCUT2D eigenvalue weighted by molar-refractivity contribution is -0.118. The average Bonchev–Trinajstić information content (AvgIpc) is 3.15. The minimum Gasteiger partial charge on any atom is -0.497 e. The van der Waals surface area contributed by atoms with E-state index in [2.05, 4.69) is 10.1 Å². The number of aromatic nitrogens is 2. The van der Waals surface area contributed by atoms with Gasteiger partial charge in [0.15, 0.2) is 0 Å². The van der Waals surface area contributed by atoms with Gasteiger partial charge in [0.1, 0.15) is 5.75 Å². The van der Waals surface area contributed by atoms with E-state index in [0.717, 1.165) is 22.6 Å². The summed E-state index contributed by atoms with van der Waals surface area (Å²) >= 11 is 0. The third-order valence-corrected chi connectivity index (χ3v) is 4.16. The van der Waals surface area contributed by atoms with Gasteiger partial charge >= 0.3 is 0 Å². The van der Waals surface area contributed by atoms with Gasteiger partial charge in [0.2, 0.25) is 17.6 Å². The molecule has 0 atom stereocenters. The molecule has 1 heterocycles. The van der Waals surface area contributed by atoms with Crippen molar-refractivity contribution in [1.82, 2.24) is 10.1 Å². The number of carbonyl (C=O) groups is 1. The third kappa shape index (κ3) is 4.08. The Morgan fingerprint density at radius 1 is 1.12 bits per heavy atom. The zero-order valence-electron chi connectivity index (χ0n) is 15.1. The van der Waals surface area contributed by atoms with Crippen molar-refractivity contribution < 1.29 is 14.1 Å². The standard InChI is InChI=1S/C20H21N3O3/c1-14-4-8-16(9-5-14)23(2)19(24)13-12-18-21-20(22-26-18)15-6-10-17(25-3)11-7-15/h4-11H,12-13H2,1-3H3. The number of carbonyl (C=O) groups excluding carboxylic acids is 1. The molecule has 2 aromatic carbocycles. The van der Waals surface area contributed by atoms with E-state index in [-0.39, 0.29) is 5.91 Å². The van der Waals surface area contributed by atoms with E-state index < -0.39 is 0 Å². The molecule has 0 radical (unpaired) electrons. The summed E-state index contributed by atoms with van der Waals surface area (Å²) in [5.41, 5.74) is 2.86. The third-order valence-electron chi connectivity index (χ3n) is 4.16. The van der Waals surface area contributed by atoms with Crippen LogP contribution in [-0.2, 0) is 11.2 Å². The maximum absolute atomic E-state index is 12.4. The molecule has 0 spiro atoms. The summed E-state index contributed by atoms with van der Waals surface area (Å²) in [5, 5.41) is 3.98. The van der Waals surface area contributed by atoms with E-state index in [0.29, 0.717) is 24.6 Å². The minimum absolute atomic E-state index is 0.00181. The van der Waals surface area contributed by atoms with Crippen molar-refractivity contribution in [2.24, 2.45) is 0 Å². The maximum Gasteiger partial charge on any atom is 0.227 e. The Morgan fingerprint density at radius 2 is 1.81 bits per heavy atom. The molecule has 6 nitrogen and oxygen atoms in total. The fourth-order valence-electron chi connectivity index (χ4n) is 2.51. The smallest absolute Gasteiger partial charge is 0.227 e. The van der Waals surface area contributed by atoms with Crippen LogP contribution in [0.2, 0.25) is 0 Å². The van der Waals surface area contributed by atoms with Gasteiger partial charge in [0, 0.05) is 31.1 Å². The van der Waals surface area contributed by atoms with Crippen LogP contribution >= 0.6 is 0 Å². The fourth-order valence-corrected chi connectivity index (χ4v) is 2.51. The molecule has 6 heteroatoms. The highest BCUT2D eigenvalue weighted by Gasteiger charge is 2.14. The molecule has 26 heavy (non-hydrogen) atoms. The molecule has 1 amide bonds. The fraction of sp³-hybridized carbons (Fsp3) is 0.250. The first kappa shape index (κ1) is 17.7. The molecule has 0 fully saturated rings. The largest absolute Gasteiger partial charge is 0.497 e. The number of hydrogen-bond acceptors (Lipinski definition) is 5. The maximum atomic E-state index is 12.4. The normalized spacial score (nSPS) is 10.6. The highest BCUT2D eigenvalue weighted by Crippen LogP contribution is 2.20. The van der Waals surface area contributed by atoms with Crippen LogP contribution in [0.15, 0.2) is 53.1 Å². The number of aryl methyl sites for hydroxylation is 2. The summed E-state index contributed by atoms with van der Waals surface area (Å²) in [6.45, 7) is 2.02. The van der Waals surface area contributed by atoms with Crippen molar-refractivity contribution in [2.45, 2.75) is 19.8 Å². The van der Waals surface area contributed by atoms with E-state index in [1.165, 1.54) is 0 Å². The molecular weight excluding hydrogens is 330 g/mol. The Labute approximate surface area is 152 Å². The first-order chi connectivity index (χ1) is 12.6. The van der Waals surface area contributed by atoms with Crippen molar-refractivity contribution in [1.29, 1.82) is 0 Å². The second-order valence-electron chi connectivity index (χ2n) is 6.03.